The van der Waals surface area contributed by atoms with Crippen molar-refractivity contribution in [2.24, 2.45) is 46.3 Å². The molecule has 0 aromatic heterocycles. The third-order valence-electron chi connectivity index (χ3n) is 9.97. The van der Waals surface area contributed by atoms with Crippen LogP contribution in [0.25, 0.3) is 0 Å². The number of carbonyl (C=O) groups excluding carboxylic acids is 2. The van der Waals surface area contributed by atoms with Crippen molar-refractivity contribution in [1.29, 1.82) is 0 Å². The van der Waals surface area contributed by atoms with Crippen LogP contribution >= 0.6 is 0 Å². The predicted molar refractivity (Wildman–Crippen MR) is 120 cm³/mol. The molecule has 0 aromatic carbocycles. The summed E-state index contributed by atoms with van der Waals surface area (Å²) in [5, 5.41) is 11.5. The van der Waals surface area contributed by atoms with E-state index in [1.807, 2.05) is 13.0 Å². The van der Waals surface area contributed by atoms with Gasteiger partial charge in [0.1, 0.15) is 5.78 Å². The topological polar surface area (TPSA) is 54.4 Å². The van der Waals surface area contributed by atoms with Gasteiger partial charge in [0.15, 0.2) is 5.78 Å². The van der Waals surface area contributed by atoms with E-state index in [0.29, 0.717) is 48.2 Å². The molecule has 0 saturated heterocycles. The molecule has 4 rings (SSSR count). The van der Waals surface area contributed by atoms with Crippen molar-refractivity contribution in [1.82, 2.24) is 0 Å². The highest BCUT2D eigenvalue weighted by molar-refractivity contribution is 5.91. The summed E-state index contributed by atoms with van der Waals surface area (Å²) >= 11 is 0. The normalized spacial score (nSPS) is 45.1. The van der Waals surface area contributed by atoms with Gasteiger partial charge in [-0.15, -0.1) is 0 Å². The van der Waals surface area contributed by atoms with Gasteiger partial charge in [-0.05, 0) is 85.5 Å². The maximum absolute atomic E-state index is 13.4. The molecule has 3 fully saturated rings. The number of carbonyl (C=O) groups is 2. The van der Waals surface area contributed by atoms with Gasteiger partial charge in [-0.2, -0.15) is 0 Å². The average molecular weight is 415 g/mol. The molecule has 3 saturated carbocycles. The molecule has 0 spiro atoms. The minimum atomic E-state index is -0.902. The van der Waals surface area contributed by atoms with Crippen LogP contribution in [0.2, 0.25) is 0 Å². The first kappa shape index (κ1) is 22.2. The molecule has 30 heavy (non-hydrogen) atoms. The Labute approximate surface area is 183 Å². The second kappa shape index (κ2) is 7.57. The smallest absolute Gasteiger partial charge is 0.155 e. The number of rotatable bonds is 5. The minimum absolute atomic E-state index is 0.0863. The Morgan fingerprint density at radius 2 is 1.87 bits per heavy atom. The van der Waals surface area contributed by atoms with Crippen molar-refractivity contribution >= 4 is 11.6 Å². The van der Waals surface area contributed by atoms with Gasteiger partial charge >= 0.3 is 0 Å². The van der Waals surface area contributed by atoms with Gasteiger partial charge < -0.3 is 5.11 Å². The molecule has 8 unspecified atom stereocenters. The average Bonchev–Trinajstić information content (AvgIpc) is 2.92. The Morgan fingerprint density at radius 1 is 1.13 bits per heavy atom. The SMILES string of the molecule is CC(C)CCCC(C)(O)C1C(=O)CC2C3CCC4CC(=O)C=CC4(C)C3CCC21C. The first-order valence-corrected chi connectivity index (χ1v) is 12.5. The summed E-state index contributed by atoms with van der Waals surface area (Å²) in [5.74, 6) is 2.95. The van der Waals surface area contributed by atoms with Gasteiger partial charge in [0.25, 0.3) is 0 Å². The molecule has 4 aliphatic carbocycles. The lowest BCUT2D eigenvalue weighted by Gasteiger charge is -2.59. The lowest BCUT2D eigenvalue weighted by atomic mass is 9.45. The Bertz CT molecular complexity index is 734. The molecule has 168 valence electrons. The molecule has 4 aliphatic rings. The third kappa shape index (κ3) is 3.44. The number of fused-ring (bicyclic) bond motifs is 5. The van der Waals surface area contributed by atoms with E-state index in [-0.39, 0.29) is 22.5 Å². The van der Waals surface area contributed by atoms with Gasteiger partial charge in [0.2, 0.25) is 0 Å². The number of allylic oxidation sites excluding steroid dienone is 2. The van der Waals surface area contributed by atoms with E-state index in [1.165, 1.54) is 0 Å². The van der Waals surface area contributed by atoms with E-state index in [2.05, 4.69) is 33.8 Å². The van der Waals surface area contributed by atoms with Gasteiger partial charge in [0, 0.05) is 12.8 Å². The second-order valence-electron chi connectivity index (χ2n) is 12.3. The number of ketones is 2. The lowest BCUT2D eigenvalue weighted by molar-refractivity contribution is -0.142. The minimum Gasteiger partial charge on any atom is -0.389 e. The summed E-state index contributed by atoms with van der Waals surface area (Å²) in [4.78, 5) is 25.4. The second-order valence-corrected chi connectivity index (χ2v) is 12.3. The quantitative estimate of drug-likeness (QED) is 0.623. The molecule has 0 radical (unpaired) electrons. The molecule has 0 aromatic rings. The summed E-state index contributed by atoms with van der Waals surface area (Å²) in [6.07, 6.45) is 12.6. The molecule has 0 bridgehead atoms. The van der Waals surface area contributed by atoms with Crippen molar-refractivity contribution in [2.45, 2.75) is 98.0 Å². The zero-order valence-corrected chi connectivity index (χ0v) is 19.7. The molecule has 3 heteroatoms. The Balaban J connectivity index is 1.58. The third-order valence-corrected chi connectivity index (χ3v) is 9.97. The summed E-state index contributed by atoms with van der Waals surface area (Å²) in [7, 11) is 0. The van der Waals surface area contributed by atoms with Crippen LogP contribution in [0.4, 0.5) is 0 Å². The van der Waals surface area contributed by atoms with Crippen LogP contribution in [-0.4, -0.2) is 22.3 Å². The predicted octanol–water partition coefficient (Wildman–Crippen LogP) is 5.75. The van der Waals surface area contributed by atoms with E-state index >= 15 is 0 Å². The highest BCUT2D eigenvalue weighted by atomic mass is 16.3. The van der Waals surface area contributed by atoms with Crippen LogP contribution < -0.4 is 0 Å². The number of hydrogen-bond acceptors (Lipinski definition) is 3. The summed E-state index contributed by atoms with van der Waals surface area (Å²) < 4.78 is 0. The van der Waals surface area contributed by atoms with Crippen LogP contribution in [0.3, 0.4) is 0 Å². The molecule has 0 heterocycles. The van der Waals surface area contributed by atoms with Crippen molar-refractivity contribution in [2.75, 3.05) is 0 Å². The summed E-state index contributed by atoms with van der Waals surface area (Å²) in [5.41, 5.74) is -0.892. The molecule has 3 nitrogen and oxygen atoms in total. The zero-order chi connectivity index (χ0) is 21.9. The molecule has 0 aliphatic heterocycles. The maximum atomic E-state index is 13.4. The van der Waals surface area contributed by atoms with E-state index < -0.39 is 5.60 Å². The van der Waals surface area contributed by atoms with Crippen molar-refractivity contribution in [3.05, 3.63) is 12.2 Å². The van der Waals surface area contributed by atoms with Crippen LogP contribution in [0.1, 0.15) is 92.4 Å². The Kier molecular flexibility index (Phi) is 5.61. The van der Waals surface area contributed by atoms with Gasteiger partial charge in [-0.25, -0.2) is 0 Å². The lowest BCUT2D eigenvalue weighted by Crippen LogP contribution is -2.54. The van der Waals surface area contributed by atoms with Crippen LogP contribution in [0.5, 0.6) is 0 Å². The van der Waals surface area contributed by atoms with Crippen LogP contribution in [-0.2, 0) is 9.59 Å². The van der Waals surface area contributed by atoms with Crippen LogP contribution in [0, 0.1) is 46.3 Å². The summed E-state index contributed by atoms with van der Waals surface area (Å²) in [6, 6.07) is 0. The Morgan fingerprint density at radius 3 is 2.57 bits per heavy atom. The van der Waals surface area contributed by atoms with Gasteiger partial charge in [-0.1, -0.05) is 46.6 Å². The largest absolute Gasteiger partial charge is 0.389 e. The molecule has 0 amide bonds. The number of Topliss-reactive ketones (excluding diaryl/α,β-unsaturated/α-hetero) is 1. The maximum Gasteiger partial charge on any atom is 0.155 e. The molecular weight excluding hydrogens is 372 g/mol. The Hall–Kier alpha value is -0.960. The van der Waals surface area contributed by atoms with Crippen molar-refractivity contribution in [3.8, 4) is 0 Å². The van der Waals surface area contributed by atoms with Crippen molar-refractivity contribution < 1.29 is 14.7 Å². The number of hydrogen-bond donors (Lipinski definition) is 1. The van der Waals surface area contributed by atoms with Gasteiger partial charge in [0.05, 0.1) is 11.5 Å². The van der Waals surface area contributed by atoms with Crippen LogP contribution in [0.15, 0.2) is 12.2 Å². The fourth-order valence-corrected chi connectivity index (χ4v) is 8.50. The first-order chi connectivity index (χ1) is 14.0. The summed E-state index contributed by atoms with van der Waals surface area (Å²) in [6.45, 7) is 11.1. The first-order valence-electron chi connectivity index (χ1n) is 12.5. The highest BCUT2D eigenvalue weighted by Gasteiger charge is 2.64. The molecule has 8 atom stereocenters. The standard InChI is InChI=1S/C27H42O3/c1-17(2)7-6-12-27(5,30)24-23(29)16-22-20-9-8-18-15-19(28)10-13-25(18,3)21(20)11-14-26(22,24)4/h10,13,17-18,20-22,24,30H,6-9,11-12,14-16H2,1-5H3. The number of aliphatic hydroxyl groups is 1. The van der Waals surface area contributed by atoms with E-state index in [4.69, 9.17) is 0 Å². The van der Waals surface area contributed by atoms with E-state index in [1.54, 1.807) is 0 Å². The van der Waals surface area contributed by atoms with E-state index in [9.17, 15) is 14.7 Å². The highest BCUT2D eigenvalue weighted by Crippen LogP contribution is 2.67. The van der Waals surface area contributed by atoms with Crippen molar-refractivity contribution in [3.63, 3.8) is 0 Å². The fourth-order valence-electron chi connectivity index (χ4n) is 8.50. The van der Waals surface area contributed by atoms with Gasteiger partial charge in [-0.3, -0.25) is 9.59 Å². The van der Waals surface area contributed by atoms with E-state index in [0.717, 1.165) is 44.9 Å². The monoisotopic (exact) mass is 414 g/mol. The fraction of sp³-hybridized carbons (Fsp3) is 0.852. The molecule has 1 N–H and O–H groups in total. The zero-order valence-electron chi connectivity index (χ0n) is 19.7. The molecular formula is C27H42O3.